The molecule has 8 heteroatoms. The number of likely N-dealkylation sites (tertiary alicyclic amines) is 1. The molecular weight excluding hydrogens is 298 g/mol. The molecule has 23 heavy (non-hydrogen) atoms. The minimum atomic E-state index is -0.586. The second-order valence-electron chi connectivity index (χ2n) is 6.19. The van der Waals surface area contributed by atoms with Gasteiger partial charge >= 0.3 is 6.09 Å². The lowest BCUT2D eigenvalue weighted by Gasteiger charge is -2.38. The number of imidazole rings is 1. The third kappa shape index (κ3) is 2.30. The van der Waals surface area contributed by atoms with Crippen molar-refractivity contribution in [2.75, 3.05) is 26.7 Å². The summed E-state index contributed by atoms with van der Waals surface area (Å²) in [6.07, 6.45) is 6.38. The molecule has 4 rings (SSSR count). The fourth-order valence-corrected chi connectivity index (χ4v) is 3.37. The number of nitrogens with zero attached hydrogens (tertiary/aromatic N) is 5. The predicted octanol–water partition coefficient (Wildman–Crippen LogP) is 0.786. The fourth-order valence-electron chi connectivity index (χ4n) is 3.37. The number of carbonyl (C=O) groups excluding carboxylic acids is 2. The van der Waals surface area contributed by atoms with E-state index in [1.807, 2.05) is 0 Å². The highest BCUT2D eigenvalue weighted by Gasteiger charge is 2.47. The third-order valence-corrected chi connectivity index (χ3v) is 4.42. The number of carbonyl (C=O) groups is 2. The number of rotatable bonds is 1. The van der Waals surface area contributed by atoms with E-state index >= 15 is 0 Å². The predicted molar refractivity (Wildman–Crippen MR) is 80.0 cm³/mol. The van der Waals surface area contributed by atoms with E-state index in [-0.39, 0.29) is 12.0 Å². The van der Waals surface area contributed by atoms with Gasteiger partial charge in [-0.1, -0.05) is 0 Å². The van der Waals surface area contributed by atoms with Gasteiger partial charge in [-0.3, -0.25) is 9.20 Å². The van der Waals surface area contributed by atoms with E-state index in [0.29, 0.717) is 31.1 Å². The zero-order valence-corrected chi connectivity index (χ0v) is 12.8. The number of piperidine rings is 1. The van der Waals surface area contributed by atoms with Gasteiger partial charge < -0.3 is 14.5 Å². The Morgan fingerprint density at radius 1 is 1.39 bits per heavy atom. The van der Waals surface area contributed by atoms with Crippen molar-refractivity contribution in [2.45, 2.75) is 18.4 Å². The molecule has 0 radical (unpaired) electrons. The van der Waals surface area contributed by atoms with Crippen molar-refractivity contribution >= 4 is 17.8 Å². The van der Waals surface area contributed by atoms with E-state index < -0.39 is 5.60 Å². The highest BCUT2D eigenvalue weighted by molar-refractivity contribution is 5.93. The van der Waals surface area contributed by atoms with Crippen molar-refractivity contribution < 1.29 is 14.3 Å². The second-order valence-corrected chi connectivity index (χ2v) is 6.19. The van der Waals surface area contributed by atoms with Crippen LogP contribution in [0.2, 0.25) is 0 Å². The Kier molecular flexibility index (Phi) is 3.00. The Morgan fingerprint density at radius 3 is 3.00 bits per heavy atom. The Morgan fingerprint density at radius 2 is 2.26 bits per heavy atom. The molecule has 2 aliphatic rings. The fraction of sp³-hybridized carbons (Fsp3) is 0.467. The van der Waals surface area contributed by atoms with Gasteiger partial charge in [-0.2, -0.15) is 0 Å². The van der Waals surface area contributed by atoms with Crippen molar-refractivity contribution in [3.8, 4) is 0 Å². The first-order valence-electron chi connectivity index (χ1n) is 7.59. The van der Waals surface area contributed by atoms with Crippen molar-refractivity contribution in [1.29, 1.82) is 0 Å². The Hall–Kier alpha value is -2.64. The van der Waals surface area contributed by atoms with Crippen LogP contribution in [0.4, 0.5) is 4.79 Å². The lowest BCUT2D eigenvalue weighted by atomic mass is 9.92. The number of aromatic nitrogens is 3. The van der Waals surface area contributed by atoms with Crippen molar-refractivity contribution in [3.63, 3.8) is 0 Å². The quantitative estimate of drug-likeness (QED) is 0.777. The number of hydrogen-bond donors (Lipinski definition) is 0. The molecule has 1 unspecified atom stereocenters. The monoisotopic (exact) mass is 315 g/mol. The molecule has 1 spiro atoms. The summed E-state index contributed by atoms with van der Waals surface area (Å²) in [5.74, 6) is 0.342. The molecule has 1 atom stereocenters. The molecule has 0 N–H and O–H groups in total. The Bertz CT molecular complexity index is 755. The summed E-state index contributed by atoms with van der Waals surface area (Å²) < 4.78 is 7.25. The largest absolute Gasteiger partial charge is 0.439 e. The summed E-state index contributed by atoms with van der Waals surface area (Å²) in [5.41, 5.74) is -0.227. The molecule has 2 fully saturated rings. The number of amides is 2. The maximum Gasteiger partial charge on any atom is 0.410 e. The molecule has 2 amide bonds. The van der Waals surface area contributed by atoms with E-state index in [1.54, 1.807) is 45.9 Å². The highest BCUT2D eigenvalue weighted by Crippen LogP contribution is 2.31. The van der Waals surface area contributed by atoms with Crippen LogP contribution in [0.25, 0.3) is 5.78 Å². The van der Waals surface area contributed by atoms with Gasteiger partial charge in [0, 0.05) is 32.2 Å². The van der Waals surface area contributed by atoms with Crippen molar-refractivity contribution in [3.05, 3.63) is 30.4 Å². The van der Waals surface area contributed by atoms with Crippen LogP contribution in [-0.2, 0) is 4.74 Å². The summed E-state index contributed by atoms with van der Waals surface area (Å²) >= 11 is 0. The van der Waals surface area contributed by atoms with Crippen LogP contribution in [-0.4, -0.2) is 68.5 Å². The molecule has 0 aromatic carbocycles. The van der Waals surface area contributed by atoms with Gasteiger partial charge in [-0.05, 0) is 18.9 Å². The molecule has 2 saturated heterocycles. The minimum Gasteiger partial charge on any atom is -0.439 e. The van der Waals surface area contributed by atoms with Crippen LogP contribution in [0, 0.1) is 0 Å². The van der Waals surface area contributed by atoms with E-state index in [4.69, 9.17) is 4.74 Å². The zero-order chi connectivity index (χ0) is 16.0. The van der Waals surface area contributed by atoms with E-state index in [1.165, 1.54) is 0 Å². The molecule has 0 bridgehead atoms. The lowest BCUT2D eigenvalue weighted by Crippen LogP contribution is -2.52. The van der Waals surface area contributed by atoms with Crippen LogP contribution >= 0.6 is 0 Å². The number of likely N-dealkylation sites (N-methyl/N-ethyl adjacent to an activating group) is 1. The number of hydrogen-bond acceptors (Lipinski definition) is 5. The van der Waals surface area contributed by atoms with Gasteiger partial charge in [0.05, 0.1) is 13.1 Å². The molecular formula is C15H17N5O3. The van der Waals surface area contributed by atoms with E-state index in [2.05, 4.69) is 9.97 Å². The number of ether oxygens (including phenoxy) is 1. The SMILES string of the molecule is CN1CC2(CCCN(C(=O)c3cn4cccnc4n3)C2)OC1=O. The van der Waals surface area contributed by atoms with Gasteiger partial charge in [-0.25, -0.2) is 14.8 Å². The molecule has 8 nitrogen and oxygen atoms in total. The molecule has 2 aromatic rings. The maximum atomic E-state index is 12.7. The maximum absolute atomic E-state index is 12.7. The first-order chi connectivity index (χ1) is 11.1. The topological polar surface area (TPSA) is 80.0 Å². The van der Waals surface area contributed by atoms with Gasteiger partial charge in [-0.15, -0.1) is 0 Å². The molecule has 2 aliphatic heterocycles. The first kappa shape index (κ1) is 14.0. The summed E-state index contributed by atoms with van der Waals surface area (Å²) in [6.45, 7) is 1.56. The van der Waals surface area contributed by atoms with E-state index in [0.717, 1.165) is 12.8 Å². The van der Waals surface area contributed by atoms with Gasteiger partial charge in [0.1, 0.15) is 11.3 Å². The van der Waals surface area contributed by atoms with Crippen LogP contribution in [0.15, 0.2) is 24.7 Å². The Balaban J connectivity index is 1.57. The summed E-state index contributed by atoms with van der Waals surface area (Å²) in [5, 5.41) is 0. The summed E-state index contributed by atoms with van der Waals surface area (Å²) in [6, 6.07) is 1.78. The average Bonchev–Trinajstić information content (AvgIpc) is 3.08. The standard InChI is InChI=1S/C15H17N5O3/c1-18-9-15(23-14(18)22)4-2-6-20(10-15)12(21)11-8-19-7-3-5-16-13(19)17-11/h3,5,7-8H,2,4,6,9-10H2,1H3. The number of fused-ring (bicyclic) bond motifs is 1. The lowest BCUT2D eigenvalue weighted by molar-refractivity contribution is -0.00538. The first-order valence-corrected chi connectivity index (χ1v) is 7.59. The van der Waals surface area contributed by atoms with Gasteiger partial charge in [0.25, 0.3) is 5.91 Å². The highest BCUT2D eigenvalue weighted by atomic mass is 16.6. The molecule has 0 saturated carbocycles. The smallest absolute Gasteiger partial charge is 0.410 e. The second kappa shape index (κ2) is 4.94. The minimum absolute atomic E-state index is 0.153. The Labute approximate surface area is 132 Å². The van der Waals surface area contributed by atoms with Crippen LogP contribution < -0.4 is 0 Å². The average molecular weight is 315 g/mol. The van der Waals surface area contributed by atoms with Crippen molar-refractivity contribution in [2.24, 2.45) is 0 Å². The van der Waals surface area contributed by atoms with E-state index in [9.17, 15) is 9.59 Å². The zero-order valence-electron chi connectivity index (χ0n) is 12.8. The van der Waals surface area contributed by atoms with Gasteiger partial charge in [0.15, 0.2) is 0 Å². The van der Waals surface area contributed by atoms with Crippen LogP contribution in [0.5, 0.6) is 0 Å². The normalized spacial score (nSPS) is 24.5. The van der Waals surface area contributed by atoms with Gasteiger partial charge in [0.2, 0.25) is 5.78 Å². The molecule has 120 valence electrons. The van der Waals surface area contributed by atoms with Crippen LogP contribution in [0.3, 0.4) is 0 Å². The molecule has 2 aromatic heterocycles. The van der Waals surface area contributed by atoms with Crippen molar-refractivity contribution in [1.82, 2.24) is 24.2 Å². The molecule has 0 aliphatic carbocycles. The molecule has 4 heterocycles. The van der Waals surface area contributed by atoms with Crippen LogP contribution in [0.1, 0.15) is 23.3 Å². The summed E-state index contributed by atoms with van der Waals surface area (Å²) in [4.78, 5) is 36.1. The third-order valence-electron chi connectivity index (χ3n) is 4.42. The summed E-state index contributed by atoms with van der Waals surface area (Å²) in [7, 11) is 1.71.